The molecule has 148 valence electrons. The number of aromatic nitrogens is 2. The van der Waals surface area contributed by atoms with Gasteiger partial charge in [0.15, 0.2) is 0 Å². The van der Waals surface area contributed by atoms with Crippen LogP contribution in [0.25, 0.3) is 0 Å². The smallest absolute Gasteiger partial charge is 0.223 e. The van der Waals surface area contributed by atoms with Crippen LogP contribution >= 0.6 is 0 Å². The maximum Gasteiger partial charge on any atom is 0.223 e. The first kappa shape index (κ1) is 18.7. The average Bonchev–Trinajstić information content (AvgIpc) is 3.19. The molecule has 3 heterocycles. The van der Waals surface area contributed by atoms with Gasteiger partial charge in [0.2, 0.25) is 5.91 Å². The molecule has 1 aromatic rings. The molecule has 1 aliphatic carbocycles. The number of hydrogen-bond acceptors (Lipinski definition) is 5. The van der Waals surface area contributed by atoms with Crippen LogP contribution in [0.4, 0.5) is 5.82 Å². The fraction of sp³-hybridized carbons (Fsp3) is 0.762. The third kappa shape index (κ3) is 4.10. The molecule has 1 saturated carbocycles. The lowest BCUT2D eigenvalue weighted by atomic mass is 9.96. The SMILES string of the molecule is CNc1nc(C2CCCN(C)C2)nc2c1CCN(C(=O)CC1CCCC1)C2. The molecule has 27 heavy (non-hydrogen) atoms. The molecule has 1 atom stereocenters. The van der Waals surface area contributed by atoms with Crippen LogP contribution in [-0.4, -0.2) is 59.4 Å². The van der Waals surface area contributed by atoms with Gasteiger partial charge in [-0.25, -0.2) is 9.97 Å². The van der Waals surface area contributed by atoms with Gasteiger partial charge in [-0.15, -0.1) is 0 Å². The van der Waals surface area contributed by atoms with Gasteiger partial charge in [0.05, 0.1) is 12.2 Å². The molecule has 4 rings (SSSR count). The van der Waals surface area contributed by atoms with E-state index in [-0.39, 0.29) is 0 Å². The van der Waals surface area contributed by atoms with E-state index in [0.717, 1.165) is 56.2 Å². The van der Waals surface area contributed by atoms with E-state index in [2.05, 4.69) is 17.3 Å². The van der Waals surface area contributed by atoms with Gasteiger partial charge < -0.3 is 15.1 Å². The molecule has 2 aliphatic heterocycles. The Balaban J connectivity index is 1.52. The van der Waals surface area contributed by atoms with Gasteiger partial charge >= 0.3 is 0 Å². The van der Waals surface area contributed by atoms with Crippen molar-refractivity contribution in [2.75, 3.05) is 39.0 Å². The zero-order valence-corrected chi connectivity index (χ0v) is 16.8. The van der Waals surface area contributed by atoms with Crippen LogP contribution in [0.2, 0.25) is 0 Å². The molecule has 1 unspecified atom stereocenters. The predicted octanol–water partition coefficient (Wildman–Crippen LogP) is 2.79. The molecule has 0 bridgehead atoms. The van der Waals surface area contributed by atoms with E-state index in [0.29, 0.717) is 24.3 Å². The molecule has 3 aliphatic rings. The molecular weight excluding hydrogens is 338 g/mol. The number of likely N-dealkylation sites (N-methyl/N-ethyl adjacent to an activating group) is 1. The van der Waals surface area contributed by atoms with Crippen LogP contribution in [0.1, 0.15) is 67.9 Å². The van der Waals surface area contributed by atoms with Crippen molar-refractivity contribution in [2.45, 2.75) is 63.8 Å². The molecule has 6 nitrogen and oxygen atoms in total. The predicted molar refractivity (Wildman–Crippen MR) is 107 cm³/mol. The fourth-order valence-electron chi connectivity index (χ4n) is 5.02. The highest BCUT2D eigenvalue weighted by Crippen LogP contribution is 2.31. The Morgan fingerprint density at radius 3 is 2.70 bits per heavy atom. The highest BCUT2D eigenvalue weighted by molar-refractivity contribution is 5.77. The fourth-order valence-corrected chi connectivity index (χ4v) is 5.02. The van der Waals surface area contributed by atoms with Crippen molar-refractivity contribution in [3.63, 3.8) is 0 Å². The zero-order valence-electron chi connectivity index (χ0n) is 16.8. The summed E-state index contributed by atoms with van der Waals surface area (Å²) >= 11 is 0. The summed E-state index contributed by atoms with van der Waals surface area (Å²) in [6, 6.07) is 0. The highest BCUT2D eigenvalue weighted by atomic mass is 16.2. The minimum atomic E-state index is 0.316. The van der Waals surface area contributed by atoms with Gasteiger partial charge in [0.1, 0.15) is 11.6 Å². The first-order chi connectivity index (χ1) is 13.1. The van der Waals surface area contributed by atoms with Crippen LogP contribution in [0, 0.1) is 5.92 Å². The van der Waals surface area contributed by atoms with Crippen molar-refractivity contribution in [1.29, 1.82) is 0 Å². The lowest BCUT2D eigenvalue weighted by Crippen LogP contribution is -2.38. The van der Waals surface area contributed by atoms with E-state index in [9.17, 15) is 4.79 Å². The number of nitrogens with one attached hydrogen (secondary N) is 1. The third-order valence-electron chi connectivity index (χ3n) is 6.60. The van der Waals surface area contributed by atoms with Gasteiger partial charge in [0, 0.05) is 38.0 Å². The Hall–Kier alpha value is -1.69. The van der Waals surface area contributed by atoms with E-state index in [4.69, 9.17) is 9.97 Å². The monoisotopic (exact) mass is 371 g/mol. The summed E-state index contributed by atoms with van der Waals surface area (Å²) in [6.07, 6.45) is 8.95. The van der Waals surface area contributed by atoms with Crippen molar-refractivity contribution < 1.29 is 4.79 Å². The highest BCUT2D eigenvalue weighted by Gasteiger charge is 2.29. The number of likely N-dealkylation sites (tertiary alicyclic amines) is 1. The van der Waals surface area contributed by atoms with Gasteiger partial charge in [-0.05, 0) is 51.6 Å². The number of nitrogens with zero attached hydrogens (tertiary/aromatic N) is 4. The lowest BCUT2D eigenvalue weighted by molar-refractivity contribution is -0.133. The lowest BCUT2D eigenvalue weighted by Gasteiger charge is -2.32. The maximum atomic E-state index is 12.8. The van der Waals surface area contributed by atoms with Crippen molar-refractivity contribution >= 4 is 11.7 Å². The number of anilines is 1. The zero-order chi connectivity index (χ0) is 18.8. The minimum absolute atomic E-state index is 0.316. The summed E-state index contributed by atoms with van der Waals surface area (Å²) in [5.41, 5.74) is 2.26. The standard InChI is InChI=1S/C21H33N5O/c1-22-21-17-9-11-26(19(27)12-15-6-3-4-7-15)14-18(17)23-20(24-21)16-8-5-10-25(2)13-16/h15-16H,3-14H2,1-2H3,(H,22,23,24). The molecule has 1 amide bonds. The molecule has 1 aromatic heterocycles. The number of piperidine rings is 1. The Morgan fingerprint density at radius 1 is 1.15 bits per heavy atom. The molecular formula is C21H33N5O. The van der Waals surface area contributed by atoms with Gasteiger partial charge in [-0.1, -0.05) is 12.8 Å². The minimum Gasteiger partial charge on any atom is -0.373 e. The number of carbonyl (C=O) groups excluding carboxylic acids is 1. The summed E-state index contributed by atoms with van der Waals surface area (Å²) < 4.78 is 0. The summed E-state index contributed by atoms with van der Waals surface area (Å²) in [6.45, 7) is 3.62. The first-order valence-electron chi connectivity index (χ1n) is 10.7. The number of rotatable bonds is 4. The summed E-state index contributed by atoms with van der Waals surface area (Å²) in [4.78, 5) is 27.0. The van der Waals surface area contributed by atoms with Gasteiger partial charge in [-0.2, -0.15) is 0 Å². The molecule has 2 fully saturated rings. The number of fused-ring (bicyclic) bond motifs is 1. The second kappa shape index (κ2) is 8.13. The van der Waals surface area contributed by atoms with Crippen LogP contribution in [0.3, 0.4) is 0 Å². The largest absolute Gasteiger partial charge is 0.373 e. The average molecular weight is 372 g/mol. The van der Waals surface area contributed by atoms with Gasteiger partial charge in [0.25, 0.3) is 0 Å². The van der Waals surface area contributed by atoms with Crippen molar-refractivity contribution in [2.24, 2.45) is 5.92 Å². The van der Waals surface area contributed by atoms with Crippen molar-refractivity contribution in [3.05, 3.63) is 17.1 Å². The number of amides is 1. The van der Waals surface area contributed by atoms with Crippen LogP contribution < -0.4 is 5.32 Å². The van der Waals surface area contributed by atoms with Crippen LogP contribution in [0.15, 0.2) is 0 Å². The van der Waals surface area contributed by atoms with Crippen LogP contribution in [-0.2, 0) is 17.8 Å². The molecule has 1 N–H and O–H groups in total. The van der Waals surface area contributed by atoms with E-state index in [1.165, 1.54) is 37.7 Å². The summed E-state index contributed by atoms with van der Waals surface area (Å²) in [7, 11) is 4.12. The molecule has 1 saturated heterocycles. The maximum absolute atomic E-state index is 12.8. The van der Waals surface area contributed by atoms with Crippen molar-refractivity contribution in [1.82, 2.24) is 19.8 Å². The van der Waals surface area contributed by atoms with Crippen LogP contribution in [0.5, 0.6) is 0 Å². The Morgan fingerprint density at radius 2 is 1.96 bits per heavy atom. The van der Waals surface area contributed by atoms with E-state index in [1.807, 2.05) is 11.9 Å². The Kier molecular flexibility index (Phi) is 5.62. The van der Waals surface area contributed by atoms with Crippen molar-refractivity contribution in [3.8, 4) is 0 Å². The first-order valence-corrected chi connectivity index (χ1v) is 10.7. The summed E-state index contributed by atoms with van der Waals surface area (Å²) in [5.74, 6) is 3.23. The topological polar surface area (TPSA) is 61.4 Å². The number of hydrogen-bond donors (Lipinski definition) is 1. The Bertz CT molecular complexity index is 685. The Labute approximate surface area is 162 Å². The quantitative estimate of drug-likeness (QED) is 0.882. The number of carbonyl (C=O) groups is 1. The summed E-state index contributed by atoms with van der Waals surface area (Å²) in [5, 5.41) is 3.28. The van der Waals surface area contributed by atoms with Gasteiger partial charge in [-0.3, -0.25) is 4.79 Å². The molecule has 0 radical (unpaired) electrons. The van der Waals surface area contributed by atoms with E-state index in [1.54, 1.807) is 0 Å². The second-order valence-electron chi connectivity index (χ2n) is 8.63. The third-order valence-corrected chi connectivity index (χ3v) is 6.60. The molecule has 6 heteroatoms. The van der Waals surface area contributed by atoms with E-state index < -0.39 is 0 Å². The molecule has 0 aromatic carbocycles. The van der Waals surface area contributed by atoms with E-state index >= 15 is 0 Å². The molecule has 0 spiro atoms. The second-order valence-corrected chi connectivity index (χ2v) is 8.63. The normalized spacial score (nSPS) is 24.1.